The molecule has 2 aromatic carbocycles. The summed E-state index contributed by atoms with van der Waals surface area (Å²) in [7, 11) is 0. The number of ketones is 1. The smallest absolute Gasteiger partial charge is 0.270 e. The SMILES string of the molecule is O=C(c1ccccc1)c1ccc(-c2cccc([N+](=O)[O-])c2)cn1. The van der Waals surface area contributed by atoms with Gasteiger partial charge in [-0.15, -0.1) is 0 Å². The van der Waals surface area contributed by atoms with Gasteiger partial charge in [-0.3, -0.25) is 19.9 Å². The average molecular weight is 304 g/mol. The zero-order valence-electron chi connectivity index (χ0n) is 12.0. The van der Waals surface area contributed by atoms with Crippen molar-refractivity contribution in [1.82, 2.24) is 4.98 Å². The molecule has 1 heterocycles. The Labute approximate surface area is 132 Å². The second kappa shape index (κ2) is 6.19. The van der Waals surface area contributed by atoms with Crippen molar-refractivity contribution in [2.45, 2.75) is 0 Å². The first-order chi connectivity index (χ1) is 11.1. The average Bonchev–Trinajstić information content (AvgIpc) is 2.62. The fourth-order valence-electron chi connectivity index (χ4n) is 2.24. The first-order valence-electron chi connectivity index (χ1n) is 6.96. The first-order valence-corrected chi connectivity index (χ1v) is 6.96. The van der Waals surface area contributed by atoms with E-state index in [2.05, 4.69) is 4.98 Å². The number of nitrogens with zero attached hydrogens (tertiary/aromatic N) is 2. The van der Waals surface area contributed by atoms with E-state index >= 15 is 0 Å². The number of hydrogen-bond acceptors (Lipinski definition) is 4. The van der Waals surface area contributed by atoms with Gasteiger partial charge in [0.2, 0.25) is 5.78 Å². The lowest BCUT2D eigenvalue weighted by Gasteiger charge is -2.04. The normalized spacial score (nSPS) is 10.3. The Morgan fingerprint density at radius 3 is 2.35 bits per heavy atom. The number of pyridine rings is 1. The summed E-state index contributed by atoms with van der Waals surface area (Å²) in [6.45, 7) is 0. The zero-order valence-corrected chi connectivity index (χ0v) is 12.0. The van der Waals surface area contributed by atoms with Crippen molar-refractivity contribution in [2.75, 3.05) is 0 Å². The van der Waals surface area contributed by atoms with Gasteiger partial charge in [0.15, 0.2) is 0 Å². The van der Waals surface area contributed by atoms with Crippen molar-refractivity contribution in [1.29, 1.82) is 0 Å². The predicted molar refractivity (Wildman–Crippen MR) is 86.2 cm³/mol. The van der Waals surface area contributed by atoms with Gasteiger partial charge in [-0.05, 0) is 11.6 Å². The summed E-state index contributed by atoms with van der Waals surface area (Å²) in [4.78, 5) is 26.9. The van der Waals surface area contributed by atoms with E-state index in [0.29, 0.717) is 16.8 Å². The molecule has 0 radical (unpaired) electrons. The number of rotatable bonds is 4. The van der Waals surface area contributed by atoms with Gasteiger partial charge >= 0.3 is 0 Å². The maximum absolute atomic E-state index is 12.3. The lowest BCUT2D eigenvalue weighted by atomic mass is 10.0. The van der Waals surface area contributed by atoms with E-state index in [-0.39, 0.29) is 11.5 Å². The third-order valence-electron chi connectivity index (χ3n) is 3.42. The summed E-state index contributed by atoms with van der Waals surface area (Å²) < 4.78 is 0. The minimum atomic E-state index is -0.440. The van der Waals surface area contributed by atoms with E-state index in [1.165, 1.54) is 12.1 Å². The van der Waals surface area contributed by atoms with E-state index in [1.807, 2.05) is 6.07 Å². The van der Waals surface area contributed by atoms with Crippen molar-refractivity contribution in [3.63, 3.8) is 0 Å². The molecule has 0 fully saturated rings. The zero-order chi connectivity index (χ0) is 16.2. The number of carbonyl (C=O) groups is 1. The second-order valence-electron chi connectivity index (χ2n) is 4.93. The van der Waals surface area contributed by atoms with Crippen LogP contribution in [0.15, 0.2) is 72.9 Å². The standard InChI is InChI=1S/C18H12N2O3/c21-18(13-5-2-1-3-6-13)17-10-9-15(12-19-17)14-7-4-8-16(11-14)20(22)23/h1-12H. The van der Waals surface area contributed by atoms with Crippen LogP contribution in [0.25, 0.3) is 11.1 Å². The molecular weight excluding hydrogens is 292 g/mol. The van der Waals surface area contributed by atoms with Crippen molar-refractivity contribution in [3.05, 3.63) is 94.3 Å². The van der Waals surface area contributed by atoms with Gasteiger partial charge in [0.05, 0.1) is 4.92 Å². The minimum absolute atomic E-state index is 0.0203. The molecular formula is C18H12N2O3. The van der Waals surface area contributed by atoms with E-state index in [0.717, 1.165) is 5.56 Å². The quantitative estimate of drug-likeness (QED) is 0.416. The summed E-state index contributed by atoms with van der Waals surface area (Å²) in [6, 6.07) is 18.6. The number of hydrogen-bond donors (Lipinski definition) is 0. The summed E-state index contributed by atoms with van der Waals surface area (Å²) in [5, 5.41) is 10.8. The Morgan fingerprint density at radius 1 is 0.913 bits per heavy atom. The van der Waals surface area contributed by atoms with Crippen LogP contribution in [0, 0.1) is 10.1 Å². The molecule has 0 bridgehead atoms. The van der Waals surface area contributed by atoms with E-state index in [9.17, 15) is 14.9 Å². The molecule has 5 nitrogen and oxygen atoms in total. The highest BCUT2D eigenvalue weighted by atomic mass is 16.6. The molecule has 0 atom stereocenters. The van der Waals surface area contributed by atoms with E-state index < -0.39 is 4.92 Å². The highest BCUT2D eigenvalue weighted by Gasteiger charge is 2.11. The lowest BCUT2D eigenvalue weighted by molar-refractivity contribution is -0.384. The van der Waals surface area contributed by atoms with E-state index in [1.54, 1.807) is 54.7 Å². The van der Waals surface area contributed by atoms with Crippen LogP contribution in [0.2, 0.25) is 0 Å². The summed E-state index contributed by atoms with van der Waals surface area (Å²) in [6.07, 6.45) is 1.55. The summed E-state index contributed by atoms with van der Waals surface area (Å²) in [5.74, 6) is -0.156. The Balaban J connectivity index is 1.89. The fourth-order valence-corrected chi connectivity index (χ4v) is 2.24. The predicted octanol–water partition coefficient (Wildman–Crippen LogP) is 3.89. The fraction of sp³-hybridized carbons (Fsp3) is 0. The molecule has 0 saturated carbocycles. The maximum Gasteiger partial charge on any atom is 0.270 e. The first kappa shape index (κ1) is 14.6. The Kier molecular flexibility index (Phi) is 3.93. The van der Waals surface area contributed by atoms with Gasteiger partial charge < -0.3 is 0 Å². The molecule has 5 heteroatoms. The minimum Gasteiger partial charge on any atom is -0.287 e. The number of carbonyl (C=O) groups excluding carboxylic acids is 1. The van der Waals surface area contributed by atoms with Crippen molar-refractivity contribution >= 4 is 11.5 Å². The highest BCUT2D eigenvalue weighted by Crippen LogP contribution is 2.23. The number of aromatic nitrogens is 1. The van der Waals surface area contributed by atoms with Gasteiger partial charge in [-0.1, -0.05) is 48.5 Å². The number of nitro groups is 1. The second-order valence-corrected chi connectivity index (χ2v) is 4.93. The third kappa shape index (κ3) is 3.13. The van der Waals surface area contributed by atoms with Gasteiger partial charge in [0.25, 0.3) is 5.69 Å². The molecule has 0 unspecified atom stereocenters. The molecule has 3 rings (SSSR count). The largest absolute Gasteiger partial charge is 0.287 e. The molecule has 0 saturated heterocycles. The molecule has 0 aliphatic carbocycles. The van der Waals surface area contributed by atoms with Crippen LogP contribution in [-0.2, 0) is 0 Å². The molecule has 0 amide bonds. The molecule has 3 aromatic rings. The molecule has 0 aliphatic rings. The monoisotopic (exact) mass is 304 g/mol. The van der Waals surface area contributed by atoms with Gasteiger partial charge in [0.1, 0.15) is 5.69 Å². The Bertz CT molecular complexity index is 859. The summed E-state index contributed by atoms with van der Waals surface area (Å²) in [5.41, 5.74) is 2.34. The summed E-state index contributed by atoms with van der Waals surface area (Å²) >= 11 is 0. The van der Waals surface area contributed by atoms with Crippen LogP contribution in [-0.4, -0.2) is 15.7 Å². The van der Waals surface area contributed by atoms with Gasteiger partial charge in [-0.2, -0.15) is 0 Å². The molecule has 0 aliphatic heterocycles. The third-order valence-corrected chi connectivity index (χ3v) is 3.42. The number of nitro benzene ring substituents is 1. The maximum atomic E-state index is 12.3. The van der Waals surface area contributed by atoms with Crippen LogP contribution < -0.4 is 0 Å². The topological polar surface area (TPSA) is 73.1 Å². The van der Waals surface area contributed by atoms with Gasteiger partial charge in [-0.25, -0.2) is 0 Å². The highest BCUT2D eigenvalue weighted by molar-refractivity contribution is 6.07. The number of non-ortho nitro benzene ring substituents is 1. The molecule has 0 N–H and O–H groups in total. The van der Waals surface area contributed by atoms with Gasteiger partial charge in [0, 0.05) is 29.5 Å². The van der Waals surface area contributed by atoms with Crippen LogP contribution >= 0.6 is 0 Å². The molecule has 23 heavy (non-hydrogen) atoms. The Hall–Kier alpha value is -3.34. The van der Waals surface area contributed by atoms with Crippen LogP contribution in [0.4, 0.5) is 5.69 Å². The molecule has 112 valence electrons. The van der Waals surface area contributed by atoms with E-state index in [4.69, 9.17) is 0 Å². The molecule has 1 aromatic heterocycles. The van der Waals surface area contributed by atoms with Crippen LogP contribution in [0.5, 0.6) is 0 Å². The Morgan fingerprint density at radius 2 is 1.70 bits per heavy atom. The van der Waals surface area contributed by atoms with Crippen LogP contribution in [0.3, 0.4) is 0 Å². The van der Waals surface area contributed by atoms with Crippen molar-refractivity contribution in [2.24, 2.45) is 0 Å². The lowest BCUT2D eigenvalue weighted by Crippen LogP contribution is -2.03. The molecule has 0 spiro atoms. The van der Waals surface area contributed by atoms with Crippen molar-refractivity contribution < 1.29 is 9.72 Å². The van der Waals surface area contributed by atoms with Crippen molar-refractivity contribution in [3.8, 4) is 11.1 Å². The van der Waals surface area contributed by atoms with Crippen LogP contribution in [0.1, 0.15) is 16.1 Å². The number of benzene rings is 2.